The van der Waals surface area contributed by atoms with Gasteiger partial charge in [-0.3, -0.25) is 4.79 Å². The largest absolute Gasteiger partial charge is 0.508 e. The highest BCUT2D eigenvalue weighted by Gasteiger charge is 2.14. The van der Waals surface area contributed by atoms with Gasteiger partial charge in [0.15, 0.2) is 0 Å². The second-order valence-electron chi connectivity index (χ2n) is 4.28. The Bertz CT molecular complexity index is 423. The molecule has 0 aliphatic heterocycles. The normalized spacial score (nSPS) is 12.2. The van der Waals surface area contributed by atoms with Crippen LogP contribution in [0.3, 0.4) is 0 Å². The lowest BCUT2D eigenvalue weighted by molar-refractivity contribution is 0.0490. The third-order valence-electron chi connectivity index (χ3n) is 2.70. The molecule has 1 unspecified atom stereocenters. The summed E-state index contributed by atoms with van der Waals surface area (Å²) in [4.78, 5) is 11.8. The van der Waals surface area contributed by atoms with E-state index < -0.39 is 11.7 Å². The molecule has 1 aromatic carbocycles. The maximum Gasteiger partial charge on any atom is 0.254 e. The molecule has 0 aromatic heterocycles. The van der Waals surface area contributed by atoms with Crippen molar-refractivity contribution in [3.8, 4) is 5.75 Å². The number of amides is 1. The molecule has 4 nitrogen and oxygen atoms in total. The standard InChI is InChI=1S/C14H20FNO3/c1-3-7-19-11(4-2)9-16-14(18)12-6-5-10(17)8-13(12)15/h5-6,8,11,17H,3-4,7,9H2,1-2H3,(H,16,18). The predicted molar refractivity (Wildman–Crippen MR) is 70.7 cm³/mol. The molecule has 5 heteroatoms. The Balaban J connectivity index is 2.54. The summed E-state index contributed by atoms with van der Waals surface area (Å²) in [6.45, 7) is 4.96. The minimum absolute atomic E-state index is 0.0657. The Morgan fingerprint density at radius 3 is 2.79 bits per heavy atom. The van der Waals surface area contributed by atoms with Crippen LogP contribution in [0.2, 0.25) is 0 Å². The van der Waals surface area contributed by atoms with Gasteiger partial charge < -0.3 is 15.2 Å². The van der Waals surface area contributed by atoms with Crippen molar-refractivity contribution in [1.82, 2.24) is 5.32 Å². The van der Waals surface area contributed by atoms with Gasteiger partial charge in [0, 0.05) is 19.2 Å². The monoisotopic (exact) mass is 269 g/mol. The topological polar surface area (TPSA) is 58.6 Å². The molecule has 0 aliphatic carbocycles. The Morgan fingerprint density at radius 2 is 2.21 bits per heavy atom. The zero-order valence-electron chi connectivity index (χ0n) is 11.3. The first-order valence-electron chi connectivity index (χ1n) is 6.46. The fourth-order valence-corrected chi connectivity index (χ4v) is 1.60. The van der Waals surface area contributed by atoms with Crippen molar-refractivity contribution in [2.45, 2.75) is 32.8 Å². The number of halogens is 1. The zero-order valence-corrected chi connectivity index (χ0v) is 11.3. The van der Waals surface area contributed by atoms with Gasteiger partial charge in [-0.15, -0.1) is 0 Å². The van der Waals surface area contributed by atoms with Gasteiger partial charge >= 0.3 is 0 Å². The average Bonchev–Trinajstić information content (AvgIpc) is 2.38. The van der Waals surface area contributed by atoms with Crippen molar-refractivity contribution in [3.63, 3.8) is 0 Å². The van der Waals surface area contributed by atoms with Crippen LogP contribution in [0.4, 0.5) is 4.39 Å². The van der Waals surface area contributed by atoms with E-state index in [0.29, 0.717) is 13.2 Å². The van der Waals surface area contributed by atoms with Gasteiger partial charge in [-0.1, -0.05) is 13.8 Å². The lowest BCUT2D eigenvalue weighted by Crippen LogP contribution is -2.34. The van der Waals surface area contributed by atoms with Crippen LogP contribution < -0.4 is 5.32 Å². The third kappa shape index (κ3) is 4.87. The lowest BCUT2D eigenvalue weighted by atomic mass is 10.2. The minimum Gasteiger partial charge on any atom is -0.508 e. The summed E-state index contributed by atoms with van der Waals surface area (Å²) in [5.74, 6) is -1.44. The summed E-state index contributed by atoms with van der Waals surface area (Å²) < 4.78 is 19.0. The van der Waals surface area contributed by atoms with Crippen molar-refractivity contribution >= 4 is 5.91 Å². The van der Waals surface area contributed by atoms with Gasteiger partial charge in [0.2, 0.25) is 0 Å². The quantitative estimate of drug-likeness (QED) is 0.799. The second kappa shape index (κ2) is 7.74. The number of hydrogen-bond donors (Lipinski definition) is 2. The summed E-state index contributed by atoms with van der Waals surface area (Å²) >= 11 is 0. The molecule has 0 aliphatic rings. The molecule has 0 fully saturated rings. The molecule has 0 radical (unpaired) electrons. The van der Waals surface area contributed by atoms with E-state index in [4.69, 9.17) is 9.84 Å². The number of rotatable bonds is 7. The number of carbonyl (C=O) groups is 1. The zero-order chi connectivity index (χ0) is 14.3. The SMILES string of the molecule is CCCOC(CC)CNC(=O)c1ccc(O)cc1F. The summed E-state index contributed by atoms with van der Waals surface area (Å²) in [5, 5.41) is 11.7. The molecule has 1 amide bonds. The first-order valence-corrected chi connectivity index (χ1v) is 6.46. The predicted octanol–water partition coefficient (Wildman–Crippen LogP) is 2.47. The number of aromatic hydroxyl groups is 1. The van der Waals surface area contributed by atoms with Gasteiger partial charge in [0.05, 0.1) is 11.7 Å². The average molecular weight is 269 g/mol. The van der Waals surface area contributed by atoms with Crippen LogP contribution >= 0.6 is 0 Å². The Hall–Kier alpha value is -1.62. The first-order chi connectivity index (χ1) is 9.08. The molecule has 1 aromatic rings. The van der Waals surface area contributed by atoms with E-state index in [-0.39, 0.29) is 17.4 Å². The molecule has 106 valence electrons. The summed E-state index contributed by atoms with van der Waals surface area (Å²) in [6.07, 6.45) is 1.62. The van der Waals surface area contributed by atoms with Crippen molar-refractivity contribution in [1.29, 1.82) is 0 Å². The lowest BCUT2D eigenvalue weighted by Gasteiger charge is -2.16. The smallest absolute Gasteiger partial charge is 0.254 e. The highest BCUT2D eigenvalue weighted by Crippen LogP contribution is 2.14. The number of benzene rings is 1. The molecule has 1 atom stereocenters. The van der Waals surface area contributed by atoms with E-state index in [1.54, 1.807) is 0 Å². The molecule has 0 heterocycles. The molecule has 0 bridgehead atoms. The first kappa shape index (κ1) is 15.4. The van der Waals surface area contributed by atoms with Crippen LogP contribution in [-0.2, 0) is 4.74 Å². The van der Waals surface area contributed by atoms with Crippen LogP contribution in [0, 0.1) is 5.82 Å². The van der Waals surface area contributed by atoms with Crippen LogP contribution in [0.15, 0.2) is 18.2 Å². The second-order valence-corrected chi connectivity index (χ2v) is 4.28. The van der Waals surface area contributed by atoms with Gasteiger partial charge in [-0.05, 0) is 25.0 Å². The molecule has 0 saturated heterocycles. The fraction of sp³-hybridized carbons (Fsp3) is 0.500. The molecular weight excluding hydrogens is 249 g/mol. The van der Waals surface area contributed by atoms with Gasteiger partial charge in [0.1, 0.15) is 11.6 Å². The number of nitrogens with one attached hydrogen (secondary N) is 1. The number of phenols is 1. The van der Waals surface area contributed by atoms with Gasteiger partial charge in [0.25, 0.3) is 5.91 Å². The highest BCUT2D eigenvalue weighted by atomic mass is 19.1. The number of phenolic OH excluding ortho intramolecular Hbond substituents is 1. The van der Waals surface area contributed by atoms with Crippen molar-refractivity contribution in [3.05, 3.63) is 29.6 Å². The van der Waals surface area contributed by atoms with E-state index in [2.05, 4.69) is 5.32 Å². The van der Waals surface area contributed by atoms with Crippen molar-refractivity contribution in [2.75, 3.05) is 13.2 Å². The van der Waals surface area contributed by atoms with Crippen LogP contribution in [-0.4, -0.2) is 30.3 Å². The third-order valence-corrected chi connectivity index (χ3v) is 2.70. The van der Waals surface area contributed by atoms with E-state index in [1.807, 2.05) is 13.8 Å². The Morgan fingerprint density at radius 1 is 1.47 bits per heavy atom. The molecule has 1 rings (SSSR count). The maximum atomic E-state index is 13.5. The Labute approximate surface area is 112 Å². The number of carbonyl (C=O) groups excluding carboxylic acids is 1. The summed E-state index contributed by atoms with van der Waals surface area (Å²) in [6, 6.07) is 3.45. The number of hydrogen-bond acceptors (Lipinski definition) is 3. The van der Waals surface area contributed by atoms with Crippen molar-refractivity contribution in [2.24, 2.45) is 0 Å². The van der Waals surface area contributed by atoms with E-state index >= 15 is 0 Å². The van der Waals surface area contributed by atoms with Crippen LogP contribution in [0.5, 0.6) is 5.75 Å². The van der Waals surface area contributed by atoms with Crippen molar-refractivity contribution < 1.29 is 19.0 Å². The molecule has 0 spiro atoms. The maximum absolute atomic E-state index is 13.5. The van der Waals surface area contributed by atoms with Gasteiger partial charge in [-0.2, -0.15) is 0 Å². The summed E-state index contributed by atoms with van der Waals surface area (Å²) in [7, 11) is 0. The molecule has 2 N–H and O–H groups in total. The van der Waals surface area contributed by atoms with E-state index in [1.165, 1.54) is 12.1 Å². The van der Waals surface area contributed by atoms with E-state index in [9.17, 15) is 9.18 Å². The van der Waals surface area contributed by atoms with Gasteiger partial charge in [-0.25, -0.2) is 4.39 Å². The molecule has 19 heavy (non-hydrogen) atoms. The minimum atomic E-state index is -0.736. The Kier molecular flexibility index (Phi) is 6.29. The van der Waals surface area contributed by atoms with Crippen LogP contribution in [0.1, 0.15) is 37.0 Å². The molecular formula is C14H20FNO3. The molecule has 0 saturated carbocycles. The van der Waals surface area contributed by atoms with Crippen LogP contribution in [0.25, 0.3) is 0 Å². The number of ether oxygens (including phenoxy) is 1. The highest BCUT2D eigenvalue weighted by molar-refractivity contribution is 5.94. The van der Waals surface area contributed by atoms with E-state index in [0.717, 1.165) is 18.9 Å². The fourth-order valence-electron chi connectivity index (χ4n) is 1.60. The summed E-state index contributed by atoms with van der Waals surface area (Å²) in [5.41, 5.74) is -0.0804.